The molecule has 30 heavy (non-hydrogen) atoms. The van der Waals surface area contributed by atoms with Crippen molar-refractivity contribution in [1.29, 1.82) is 0 Å². The zero-order valence-corrected chi connectivity index (χ0v) is 15.3. The number of alkyl halides is 3. The van der Waals surface area contributed by atoms with Gasteiger partial charge in [0.15, 0.2) is 0 Å². The van der Waals surface area contributed by atoms with E-state index in [2.05, 4.69) is 10.3 Å². The van der Waals surface area contributed by atoms with Crippen LogP contribution in [0.25, 0.3) is 32.8 Å². The molecule has 0 amide bonds. The summed E-state index contributed by atoms with van der Waals surface area (Å²) in [4.78, 5) is 16.3. The fourth-order valence-corrected chi connectivity index (χ4v) is 3.59. The van der Waals surface area contributed by atoms with Crippen molar-refractivity contribution in [2.75, 3.05) is 5.32 Å². The summed E-state index contributed by atoms with van der Waals surface area (Å²) in [7, 11) is 0. The molecule has 3 aromatic carbocycles. The molecule has 5 aromatic rings. The van der Waals surface area contributed by atoms with Crippen molar-refractivity contribution in [3.05, 3.63) is 88.8 Å². The summed E-state index contributed by atoms with van der Waals surface area (Å²) in [6.07, 6.45) is -4.65. The molecule has 2 heterocycles. The van der Waals surface area contributed by atoms with Crippen LogP contribution in [0.5, 0.6) is 0 Å². The molecule has 0 aliphatic carbocycles. The molecular formula is C23H13F3N2O2. The van der Waals surface area contributed by atoms with Crippen LogP contribution < -0.4 is 10.9 Å². The molecule has 0 saturated carbocycles. The third kappa shape index (κ3) is 3.04. The standard InChI is InChI=1S/C23H13F3N2O2/c24-23(25,26)17-12-21(29)30-20-11-13(9-10-14(17)20)27-22-15-5-1-3-7-18(15)28-19-8-4-2-6-16(19)22/h1-12H,(H,27,28). The molecule has 7 heteroatoms. The zero-order valence-electron chi connectivity index (χ0n) is 15.3. The summed E-state index contributed by atoms with van der Waals surface area (Å²) >= 11 is 0. The number of pyridine rings is 1. The number of nitrogens with zero attached hydrogens (tertiary/aromatic N) is 1. The van der Waals surface area contributed by atoms with Gasteiger partial charge in [0.1, 0.15) is 5.58 Å². The van der Waals surface area contributed by atoms with Gasteiger partial charge < -0.3 is 9.73 Å². The van der Waals surface area contributed by atoms with Gasteiger partial charge in [-0.05, 0) is 24.3 Å². The molecule has 0 radical (unpaired) electrons. The minimum Gasteiger partial charge on any atom is -0.423 e. The number of anilines is 2. The molecule has 1 N–H and O–H groups in total. The van der Waals surface area contributed by atoms with E-state index in [1.54, 1.807) is 0 Å². The first kappa shape index (κ1) is 18.2. The lowest BCUT2D eigenvalue weighted by Crippen LogP contribution is -2.11. The lowest BCUT2D eigenvalue weighted by molar-refractivity contribution is -0.136. The highest BCUT2D eigenvalue weighted by Crippen LogP contribution is 2.36. The van der Waals surface area contributed by atoms with E-state index < -0.39 is 17.4 Å². The van der Waals surface area contributed by atoms with Crippen LogP contribution in [-0.2, 0) is 6.18 Å². The smallest absolute Gasteiger partial charge is 0.417 e. The monoisotopic (exact) mass is 406 g/mol. The van der Waals surface area contributed by atoms with Crippen LogP contribution >= 0.6 is 0 Å². The van der Waals surface area contributed by atoms with Gasteiger partial charge in [-0.3, -0.25) is 0 Å². The van der Waals surface area contributed by atoms with Crippen molar-refractivity contribution in [2.45, 2.75) is 6.18 Å². The Kier molecular flexibility index (Phi) is 3.99. The fraction of sp³-hybridized carbons (Fsp3) is 0.0435. The first-order valence-electron chi connectivity index (χ1n) is 9.10. The summed E-state index contributed by atoms with van der Waals surface area (Å²) < 4.78 is 44.9. The van der Waals surface area contributed by atoms with E-state index in [0.717, 1.165) is 27.5 Å². The van der Waals surface area contributed by atoms with Gasteiger partial charge in [-0.15, -0.1) is 0 Å². The maximum atomic E-state index is 13.3. The van der Waals surface area contributed by atoms with E-state index in [0.29, 0.717) is 11.8 Å². The number of fused-ring (bicyclic) bond motifs is 3. The van der Waals surface area contributed by atoms with Crippen LogP contribution in [0.2, 0.25) is 0 Å². The number of rotatable bonds is 2. The Morgan fingerprint density at radius 1 is 0.800 bits per heavy atom. The average molecular weight is 406 g/mol. The Morgan fingerprint density at radius 3 is 2.07 bits per heavy atom. The third-order valence-corrected chi connectivity index (χ3v) is 4.91. The number of aromatic nitrogens is 1. The van der Waals surface area contributed by atoms with Crippen molar-refractivity contribution in [3.8, 4) is 0 Å². The predicted octanol–water partition coefficient (Wildman–Crippen LogP) is 6.26. The second-order valence-electron chi connectivity index (χ2n) is 6.83. The lowest BCUT2D eigenvalue weighted by atomic mass is 10.1. The van der Waals surface area contributed by atoms with Crippen LogP contribution in [0.3, 0.4) is 0 Å². The van der Waals surface area contributed by atoms with Crippen molar-refractivity contribution in [2.24, 2.45) is 0 Å². The van der Waals surface area contributed by atoms with Crippen LogP contribution in [0.1, 0.15) is 5.56 Å². The SMILES string of the molecule is O=c1cc(C(F)(F)F)c2ccc(Nc3c4ccccc4nc4ccccc34)cc2o1. The zero-order chi connectivity index (χ0) is 20.9. The van der Waals surface area contributed by atoms with Gasteiger partial charge in [-0.2, -0.15) is 13.2 Å². The Labute approximate surface area is 167 Å². The van der Waals surface area contributed by atoms with Crippen molar-refractivity contribution in [1.82, 2.24) is 4.98 Å². The van der Waals surface area contributed by atoms with E-state index in [1.807, 2.05) is 48.5 Å². The number of nitrogens with one attached hydrogen (secondary N) is 1. The molecule has 148 valence electrons. The lowest BCUT2D eigenvalue weighted by Gasteiger charge is -2.14. The number of benzene rings is 3. The number of para-hydroxylation sites is 2. The van der Waals surface area contributed by atoms with Crippen molar-refractivity contribution >= 4 is 44.1 Å². The van der Waals surface area contributed by atoms with E-state index in [4.69, 9.17) is 4.42 Å². The Balaban J connectivity index is 1.71. The fourth-order valence-electron chi connectivity index (χ4n) is 3.59. The average Bonchev–Trinajstić information content (AvgIpc) is 2.72. The van der Waals surface area contributed by atoms with Crippen LogP contribution in [-0.4, -0.2) is 4.98 Å². The second-order valence-corrected chi connectivity index (χ2v) is 6.83. The van der Waals surface area contributed by atoms with Gasteiger partial charge in [0.05, 0.1) is 22.3 Å². The normalized spacial score (nSPS) is 12.0. The highest BCUT2D eigenvalue weighted by Gasteiger charge is 2.33. The van der Waals surface area contributed by atoms with Crippen LogP contribution in [0, 0.1) is 0 Å². The van der Waals surface area contributed by atoms with Crippen molar-refractivity contribution < 1.29 is 17.6 Å². The quantitative estimate of drug-likeness (QED) is 0.278. The third-order valence-electron chi connectivity index (χ3n) is 4.91. The molecular weight excluding hydrogens is 393 g/mol. The predicted molar refractivity (Wildman–Crippen MR) is 110 cm³/mol. The molecule has 0 saturated heterocycles. The molecule has 0 unspecified atom stereocenters. The summed E-state index contributed by atoms with van der Waals surface area (Å²) in [6.45, 7) is 0. The molecule has 5 rings (SSSR count). The minimum absolute atomic E-state index is 0.137. The Hall–Kier alpha value is -3.87. The van der Waals surface area contributed by atoms with Crippen molar-refractivity contribution in [3.63, 3.8) is 0 Å². The molecule has 4 nitrogen and oxygen atoms in total. The molecule has 0 fully saturated rings. The van der Waals surface area contributed by atoms with Gasteiger partial charge in [0.25, 0.3) is 0 Å². The Bertz CT molecular complexity index is 1440. The minimum atomic E-state index is -4.65. The van der Waals surface area contributed by atoms with E-state index >= 15 is 0 Å². The summed E-state index contributed by atoms with van der Waals surface area (Å²) in [5.41, 5.74) is 0.626. The number of hydrogen-bond acceptors (Lipinski definition) is 4. The molecule has 0 spiro atoms. The highest BCUT2D eigenvalue weighted by atomic mass is 19.4. The van der Waals surface area contributed by atoms with Crippen LogP contribution in [0.15, 0.2) is 82.0 Å². The van der Waals surface area contributed by atoms with Gasteiger partial charge in [-0.25, -0.2) is 9.78 Å². The first-order chi connectivity index (χ1) is 14.4. The second kappa shape index (κ2) is 6.59. The summed E-state index contributed by atoms with van der Waals surface area (Å²) in [6, 6.07) is 19.9. The maximum absolute atomic E-state index is 13.3. The molecule has 0 aliphatic heterocycles. The van der Waals surface area contributed by atoms with Crippen LogP contribution in [0.4, 0.5) is 24.5 Å². The summed E-state index contributed by atoms with van der Waals surface area (Å²) in [5, 5.41) is 4.83. The molecule has 0 aliphatic rings. The van der Waals surface area contributed by atoms with E-state index in [1.165, 1.54) is 18.2 Å². The topological polar surface area (TPSA) is 55.1 Å². The Morgan fingerprint density at radius 2 is 1.43 bits per heavy atom. The van der Waals surface area contributed by atoms with Gasteiger partial charge in [-0.1, -0.05) is 36.4 Å². The van der Waals surface area contributed by atoms with E-state index in [9.17, 15) is 18.0 Å². The largest absolute Gasteiger partial charge is 0.423 e. The first-order valence-corrected chi connectivity index (χ1v) is 9.10. The molecule has 2 aromatic heterocycles. The highest BCUT2D eigenvalue weighted by molar-refractivity contribution is 6.08. The molecule has 0 bridgehead atoms. The summed E-state index contributed by atoms with van der Waals surface area (Å²) in [5.74, 6) is 0. The molecule has 0 atom stereocenters. The maximum Gasteiger partial charge on any atom is 0.417 e. The van der Waals surface area contributed by atoms with Gasteiger partial charge >= 0.3 is 11.8 Å². The number of hydrogen-bond donors (Lipinski definition) is 1. The van der Waals surface area contributed by atoms with Gasteiger partial charge in [0.2, 0.25) is 0 Å². The number of halogens is 3. The van der Waals surface area contributed by atoms with Gasteiger partial charge in [0, 0.05) is 34.0 Å². The van der Waals surface area contributed by atoms with E-state index in [-0.39, 0.29) is 11.0 Å².